The largest absolute Gasteiger partial charge is 0.382 e. The number of benzene rings is 2. The maximum atomic E-state index is 12.4. The second kappa shape index (κ2) is 5.24. The zero-order valence-corrected chi connectivity index (χ0v) is 13.0. The highest BCUT2D eigenvalue weighted by molar-refractivity contribution is 7.92. The van der Waals surface area contributed by atoms with E-state index in [4.69, 9.17) is 11.6 Å². The molecule has 0 bridgehead atoms. The molecule has 1 aliphatic heterocycles. The number of halogens is 1. The van der Waals surface area contributed by atoms with E-state index in [9.17, 15) is 8.42 Å². The van der Waals surface area contributed by atoms with Gasteiger partial charge in [-0.15, -0.1) is 0 Å². The maximum Gasteiger partial charge on any atom is 0.261 e. The van der Waals surface area contributed by atoms with E-state index < -0.39 is 10.0 Å². The van der Waals surface area contributed by atoms with Crippen molar-refractivity contribution in [2.75, 3.05) is 10.0 Å². The molecule has 110 valence electrons. The topological polar surface area (TPSA) is 58.2 Å². The molecule has 2 aromatic carbocycles. The van der Waals surface area contributed by atoms with Crippen LogP contribution in [0, 0.1) is 0 Å². The van der Waals surface area contributed by atoms with Crippen LogP contribution >= 0.6 is 11.6 Å². The number of fused-ring (bicyclic) bond motifs is 1. The first-order valence-corrected chi connectivity index (χ1v) is 8.48. The van der Waals surface area contributed by atoms with Crippen molar-refractivity contribution >= 4 is 33.0 Å². The van der Waals surface area contributed by atoms with E-state index in [0.29, 0.717) is 16.8 Å². The van der Waals surface area contributed by atoms with E-state index >= 15 is 0 Å². The Kier molecular flexibility index (Phi) is 3.55. The van der Waals surface area contributed by atoms with Crippen molar-refractivity contribution in [2.24, 2.45) is 0 Å². The molecule has 0 aliphatic carbocycles. The molecule has 21 heavy (non-hydrogen) atoms. The standard InChI is InChI=1S/C15H15ClN2O2S/c1-10-7-11-8-14(5-6-15(11)17-10)21(19,20)18-13-4-2-3-12(16)9-13/h2-6,8-10,17-18H,7H2,1H3. The minimum Gasteiger partial charge on any atom is -0.382 e. The Morgan fingerprint density at radius 3 is 2.81 bits per heavy atom. The van der Waals surface area contributed by atoms with Gasteiger partial charge in [0.1, 0.15) is 0 Å². The zero-order valence-electron chi connectivity index (χ0n) is 11.4. The Morgan fingerprint density at radius 2 is 2.05 bits per heavy atom. The lowest BCUT2D eigenvalue weighted by molar-refractivity contribution is 0.601. The van der Waals surface area contributed by atoms with E-state index in [-0.39, 0.29) is 4.90 Å². The Labute approximate surface area is 129 Å². The van der Waals surface area contributed by atoms with Gasteiger partial charge in [-0.05, 0) is 55.3 Å². The minimum absolute atomic E-state index is 0.261. The maximum absolute atomic E-state index is 12.4. The van der Waals surface area contributed by atoms with Crippen molar-refractivity contribution in [3.8, 4) is 0 Å². The number of hydrogen-bond acceptors (Lipinski definition) is 3. The lowest BCUT2D eigenvalue weighted by Gasteiger charge is -2.09. The smallest absolute Gasteiger partial charge is 0.261 e. The van der Waals surface area contributed by atoms with Gasteiger partial charge in [0.05, 0.1) is 10.6 Å². The highest BCUT2D eigenvalue weighted by Crippen LogP contribution is 2.29. The second-order valence-electron chi connectivity index (χ2n) is 5.18. The third kappa shape index (κ3) is 2.99. The van der Waals surface area contributed by atoms with Crippen LogP contribution in [0.3, 0.4) is 0 Å². The van der Waals surface area contributed by atoms with Crippen LogP contribution in [0.25, 0.3) is 0 Å². The van der Waals surface area contributed by atoms with Crippen LogP contribution in [0.4, 0.5) is 11.4 Å². The third-order valence-electron chi connectivity index (χ3n) is 3.39. The highest BCUT2D eigenvalue weighted by Gasteiger charge is 2.21. The number of sulfonamides is 1. The lowest BCUT2D eigenvalue weighted by Crippen LogP contribution is -2.13. The van der Waals surface area contributed by atoms with E-state index in [0.717, 1.165) is 17.7 Å². The highest BCUT2D eigenvalue weighted by atomic mass is 35.5. The average molecular weight is 323 g/mol. The fraction of sp³-hybridized carbons (Fsp3) is 0.200. The van der Waals surface area contributed by atoms with Gasteiger partial charge in [0.15, 0.2) is 0 Å². The molecule has 0 aromatic heterocycles. The molecule has 4 nitrogen and oxygen atoms in total. The van der Waals surface area contributed by atoms with Gasteiger partial charge in [-0.25, -0.2) is 8.42 Å². The quantitative estimate of drug-likeness (QED) is 0.909. The van der Waals surface area contributed by atoms with Crippen LogP contribution in [-0.4, -0.2) is 14.5 Å². The zero-order chi connectivity index (χ0) is 15.0. The Balaban J connectivity index is 1.91. The predicted molar refractivity (Wildman–Crippen MR) is 85.5 cm³/mol. The van der Waals surface area contributed by atoms with Gasteiger partial charge in [-0.3, -0.25) is 4.72 Å². The molecule has 0 amide bonds. The van der Waals surface area contributed by atoms with Crippen molar-refractivity contribution in [2.45, 2.75) is 24.3 Å². The molecule has 2 aromatic rings. The van der Waals surface area contributed by atoms with Crippen LogP contribution in [-0.2, 0) is 16.4 Å². The summed E-state index contributed by atoms with van der Waals surface area (Å²) >= 11 is 5.87. The first kappa shape index (κ1) is 14.2. The van der Waals surface area contributed by atoms with Crippen LogP contribution in [0.2, 0.25) is 5.02 Å². The fourth-order valence-electron chi connectivity index (χ4n) is 2.46. The van der Waals surface area contributed by atoms with E-state index in [1.807, 2.05) is 6.07 Å². The second-order valence-corrected chi connectivity index (χ2v) is 7.30. The van der Waals surface area contributed by atoms with Crippen LogP contribution < -0.4 is 10.0 Å². The average Bonchev–Trinajstić information content (AvgIpc) is 2.77. The summed E-state index contributed by atoms with van der Waals surface area (Å²) in [6.07, 6.45) is 0.829. The van der Waals surface area contributed by atoms with Gasteiger partial charge in [0.25, 0.3) is 10.0 Å². The third-order valence-corrected chi connectivity index (χ3v) is 5.01. The van der Waals surface area contributed by atoms with Gasteiger partial charge in [0, 0.05) is 16.8 Å². The molecular formula is C15H15ClN2O2S. The van der Waals surface area contributed by atoms with Crippen LogP contribution in [0.15, 0.2) is 47.4 Å². The Morgan fingerprint density at radius 1 is 1.24 bits per heavy atom. The summed E-state index contributed by atoms with van der Waals surface area (Å²) in [6.45, 7) is 2.07. The predicted octanol–water partition coefficient (Wildman–Crippen LogP) is 3.50. The lowest BCUT2D eigenvalue weighted by atomic mass is 10.1. The first-order chi connectivity index (χ1) is 9.94. The summed E-state index contributed by atoms with van der Waals surface area (Å²) in [4.78, 5) is 0.261. The molecule has 1 aliphatic rings. The summed E-state index contributed by atoms with van der Waals surface area (Å²) in [5, 5.41) is 3.79. The minimum atomic E-state index is -3.61. The molecule has 3 rings (SSSR count). The van der Waals surface area contributed by atoms with Crippen molar-refractivity contribution in [1.82, 2.24) is 0 Å². The van der Waals surface area contributed by atoms with Gasteiger partial charge in [0.2, 0.25) is 0 Å². The molecule has 6 heteroatoms. The van der Waals surface area contributed by atoms with Crippen molar-refractivity contribution in [3.05, 3.63) is 53.1 Å². The summed E-state index contributed by atoms with van der Waals surface area (Å²) in [5.41, 5.74) is 2.48. The van der Waals surface area contributed by atoms with Crippen molar-refractivity contribution in [1.29, 1.82) is 0 Å². The van der Waals surface area contributed by atoms with Crippen molar-refractivity contribution in [3.63, 3.8) is 0 Å². The number of anilines is 2. The van der Waals surface area contributed by atoms with Crippen molar-refractivity contribution < 1.29 is 8.42 Å². The normalized spacial score (nSPS) is 17.1. The van der Waals surface area contributed by atoms with Crippen LogP contribution in [0.5, 0.6) is 0 Å². The van der Waals surface area contributed by atoms with Crippen LogP contribution in [0.1, 0.15) is 12.5 Å². The number of hydrogen-bond donors (Lipinski definition) is 2. The summed E-state index contributed by atoms with van der Waals surface area (Å²) < 4.78 is 27.4. The molecule has 0 spiro atoms. The number of rotatable bonds is 3. The monoisotopic (exact) mass is 322 g/mol. The summed E-state index contributed by atoms with van der Waals surface area (Å²) in [7, 11) is -3.61. The fourth-order valence-corrected chi connectivity index (χ4v) is 3.75. The SMILES string of the molecule is CC1Cc2cc(S(=O)(=O)Nc3cccc(Cl)c3)ccc2N1. The van der Waals surface area contributed by atoms with Gasteiger partial charge in [-0.2, -0.15) is 0 Å². The molecule has 1 unspecified atom stereocenters. The molecule has 0 radical (unpaired) electrons. The summed E-state index contributed by atoms with van der Waals surface area (Å²) in [6, 6.07) is 12.1. The van der Waals surface area contributed by atoms with Gasteiger partial charge < -0.3 is 5.32 Å². The van der Waals surface area contributed by atoms with E-state index in [1.165, 1.54) is 0 Å². The molecular weight excluding hydrogens is 308 g/mol. The first-order valence-electron chi connectivity index (χ1n) is 6.62. The summed E-state index contributed by atoms with van der Waals surface area (Å²) in [5.74, 6) is 0. The Hall–Kier alpha value is -1.72. The molecule has 1 atom stereocenters. The van der Waals surface area contributed by atoms with E-state index in [1.54, 1.807) is 36.4 Å². The van der Waals surface area contributed by atoms with Gasteiger partial charge in [-0.1, -0.05) is 17.7 Å². The van der Waals surface area contributed by atoms with E-state index in [2.05, 4.69) is 17.0 Å². The number of nitrogens with one attached hydrogen (secondary N) is 2. The molecule has 1 heterocycles. The molecule has 0 fully saturated rings. The molecule has 0 saturated carbocycles. The molecule has 2 N–H and O–H groups in total. The Bertz CT molecular complexity index is 790. The molecule has 0 saturated heterocycles. The van der Waals surface area contributed by atoms with Gasteiger partial charge >= 0.3 is 0 Å².